The Kier molecular flexibility index (Phi) is 5.97. The Morgan fingerprint density at radius 1 is 1.24 bits per heavy atom. The Morgan fingerprint density at radius 2 is 2.15 bits per heavy atom. The van der Waals surface area contributed by atoms with Gasteiger partial charge in [0, 0.05) is 19.9 Å². The number of fused-ring (bicyclic) bond motifs is 1. The second kappa shape index (κ2) is 9.35. The van der Waals surface area contributed by atoms with Gasteiger partial charge in [0.05, 0.1) is 36.9 Å². The molecule has 0 aliphatic carbocycles. The molecule has 0 fully saturated rings. The second-order valence-electron chi connectivity index (χ2n) is 7.59. The largest absolute Gasteiger partial charge is 0.463 e. The van der Waals surface area contributed by atoms with Crippen molar-refractivity contribution in [1.29, 1.82) is 0 Å². The topological polar surface area (TPSA) is 104 Å². The van der Waals surface area contributed by atoms with Crippen LogP contribution in [-0.4, -0.2) is 45.9 Å². The van der Waals surface area contributed by atoms with E-state index in [1.54, 1.807) is 31.7 Å². The first kappa shape index (κ1) is 21.0. The lowest BCUT2D eigenvalue weighted by Gasteiger charge is -2.26. The fraction of sp³-hybridized carbons (Fsp3) is 0.250. The fourth-order valence-corrected chi connectivity index (χ4v) is 3.95. The number of methoxy groups -OCH3 is 1. The molecular formula is C24H23N5O4. The van der Waals surface area contributed by atoms with Crippen molar-refractivity contribution in [3.8, 4) is 17.4 Å². The molecule has 1 aliphatic rings. The summed E-state index contributed by atoms with van der Waals surface area (Å²) in [5.41, 5.74) is 3.93. The predicted molar refractivity (Wildman–Crippen MR) is 119 cm³/mol. The lowest BCUT2D eigenvalue weighted by molar-refractivity contribution is 0.0411. The number of hydrogen-bond donors (Lipinski definition) is 1. The maximum Gasteiger partial charge on any atom is 0.254 e. The molecule has 1 N–H and O–H groups in total. The van der Waals surface area contributed by atoms with Crippen LogP contribution in [0.4, 0.5) is 0 Å². The third kappa shape index (κ3) is 4.28. The Morgan fingerprint density at radius 3 is 3.00 bits per heavy atom. The lowest BCUT2D eigenvalue weighted by atomic mass is 9.97. The van der Waals surface area contributed by atoms with E-state index in [0.29, 0.717) is 41.8 Å². The summed E-state index contributed by atoms with van der Waals surface area (Å²) in [6.45, 7) is 1.16. The van der Waals surface area contributed by atoms with E-state index in [-0.39, 0.29) is 18.6 Å². The minimum absolute atomic E-state index is 0.167. The molecule has 1 amide bonds. The first-order chi connectivity index (χ1) is 16.2. The molecule has 0 bridgehead atoms. The highest BCUT2D eigenvalue weighted by Gasteiger charge is 2.24. The third-order valence-corrected chi connectivity index (χ3v) is 5.54. The van der Waals surface area contributed by atoms with Crippen LogP contribution >= 0.6 is 0 Å². The third-order valence-electron chi connectivity index (χ3n) is 5.54. The summed E-state index contributed by atoms with van der Waals surface area (Å²) in [6.07, 6.45) is 5.40. The number of ether oxygens (including phenoxy) is 2. The standard InChI is InChI=1S/C24H23N5O4/c1-31-15-20-18(23(30)26-14-22-17-6-3-2-5-16(17)9-12-33-22)13-27-29(20)24-25-10-8-19(28-24)21-7-4-11-32-21/h2-8,10-11,13,22H,9,12,14-15H2,1H3,(H,26,30)/t22-/m1/s1. The number of furan rings is 1. The molecule has 3 aromatic heterocycles. The van der Waals surface area contributed by atoms with Crippen molar-refractivity contribution in [3.05, 3.63) is 83.5 Å². The molecule has 9 nitrogen and oxygen atoms in total. The van der Waals surface area contributed by atoms with E-state index in [9.17, 15) is 4.79 Å². The zero-order valence-electron chi connectivity index (χ0n) is 18.1. The molecular weight excluding hydrogens is 422 g/mol. The summed E-state index contributed by atoms with van der Waals surface area (Å²) in [4.78, 5) is 21.9. The highest BCUT2D eigenvalue weighted by Crippen LogP contribution is 2.26. The van der Waals surface area contributed by atoms with Crippen molar-refractivity contribution in [1.82, 2.24) is 25.1 Å². The molecule has 4 heterocycles. The molecule has 0 saturated heterocycles. The molecule has 1 aliphatic heterocycles. The van der Waals surface area contributed by atoms with Gasteiger partial charge in [-0.2, -0.15) is 9.78 Å². The molecule has 1 aromatic carbocycles. The van der Waals surface area contributed by atoms with Gasteiger partial charge in [0.25, 0.3) is 11.9 Å². The zero-order chi connectivity index (χ0) is 22.6. The van der Waals surface area contributed by atoms with Gasteiger partial charge in [0.15, 0.2) is 5.76 Å². The summed E-state index contributed by atoms with van der Waals surface area (Å²) < 4.78 is 18.2. The van der Waals surface area contributed by atoms with E-state index >= 15 is 0 Å². The van der Waals surface area contributed by atoms with Gasteiger partial charge in [-0.1, -0.05) is 24.3 Å². The Bertz CT molecular complexity index is 1250. The summed E-state index contributed by atoms with van der Waals surface area (Å²) in [7, 11) is 1.56. The second-order valence-corrected chi connectivity index (χ2v) is 7.59. The molecule has 168 valence electrons. The molecule has 9 heteroatoms. The van der Waals surface area contributed by atoms with E-state index in [4.69, 9.17) is 13.9 Å². The number of carbonyl (C=O) groups excluding carboxylic acids is 1. The summed E-state index contributed by atoms with van der Waals surface area (Å²) in [5, 5.41) is 7.35. The quantitative estimate of drug-likeness (QED) is 0.466. The number of nitrogens with one attached hydrogen (secondary N) is 1. The molecule has 0 saturated carbocycles. The number of aromatic nitrogens is 4. The van der Waals surface area contributed by atoms with E-state index in [0.717, 1.165) is 12.0 Å². The van der Waals surface area contributed by atoms with Crippen LogP contribution < -0.4 is 5.32 Å². The van der Waals surface area contributed by atoms with E-state index < -0.39 is 0 Å². The molecule has 33 heavy (non-hydrogen) atoms. The van der Waals surface area contributed by atoms with Gasteiger partial charge in [-0.3, -0.25) is 4.79 Å². The van der Waals surface area contributed by atoms with Crippen LogP contribution in [0.3, 0.4) is 0 Å². The van der Waals surface area contributed by atoms with Gasteiger partial charge in [-0.05, 0) is 35.7 Å². The fourth-order valence-electron chi connectivity index (χ4n) is 3.95. The predicted octanol–water partition coefficient (Wildman–Crippen LogP) is 3.11. The van der Waals surface area contributed by atoms with E-state index in [2.05, 4.69) is 26.4 Å². The average Bonchev–Trinajstić information content (AvgIpc) is 3.54. The Labute approximate surface area is 190 Å². The van der Waals surface area contributed by atoms with Crippen molar-refractivity contribution in [2.45, 2.75) is 19.1 Å². The molecule has 0 spiro atoms. The van der Waals surface area contributed by atoms with Gasteiger partial charge >= 0.3 is 0 Å². The maximum absolute atomic E-state index is 13.1. The smallest absolute Gasteiger partial charge is 0.254 e. The lowest BCUT2D eigenvalue weighted by Crippen LogP contribution is -2.32. The van der Waals surface area contributed by atoms with Crippen LogP contribution in [0.25, 0.3) is 17.4 Å². The number of hydrogen-bond acceptors (Lipinski definition) is 7. The molecule has 0 radical (unpaired) electrons. The summed E-state index contributed by atoms with van der Waals surface area (Å²) >= 11 is 0. The summed E-state index contributed by atoms with van der Waals surface area (Å²) in [5.74, 6) is 0.673. The monoisotopic (exact) mass is 445 g/mol. The van der Waals surface area contributed by atoms with E-state index in [1.165, 1.54) is 16.4 Å². The van der Waals surface area contributed by atoms with Crippen LogP contribution in [-0.2, 0) is 22.5 Å². The molecule has 4 aromatic rings. The van der Waals surface area contributed by atoms with Gasteiger partial charge in [0.1, 0.15) is 11.8 Å². The van der Waals surface area contributed by atoms with Crippen molar-refractivity contribution in [3.63, 3.8) is 0 Å². The van der Waals surface area contributed by atoms with Gasteiger partial charge < -0.3 is 19.2 Å². The normalized spacial score (nSPS) is 15.2. The number of amides is 1. The van der Waals surface area contributed by atoms with Crippen molar-refractivity contribution >= 4 is 5.91 Å². The Balaban J connectivity index is 1.38. The maximum atomic E-state index is 13.1. The van der Waals surface area contributed by atoms with Crippen LogP contribution in [0.1, 0.15) is 33.3 Å². The molecule has 1 atom stereocenters. The minimum Gasteiger partial charge on any atom is -0.463 e. The number of carbonyl (C=O) groups is 1. The van der Waals surface area contributed by atoms with E-state index in [1.807, 2.05) is 24.3 Å². The van der Waals surface area contributed by atoms with Crippen LogP contribution in [0, 0.1) is 0 Å². The number of rotatable bonds is 7. The van der Waals surface area contributed by atoms with Crippen LogP contribution in [0.2, 0.25) is 0 Å². The van der Waals surface area contributed by atoms with Crippen molar-refractivity contribution in [2.24, 2.45) is 0 Å². The van der Waals surface area contributed by atoms with Crippen LogP contribution in [0.15, 0.2) is 65.5 Å². The molecule has 0 unspecified atom stereocenters. The summed E-state index contributed by atoms with van der Waals surface area (Å²) in [6, 6.07) is 13.5. The number of nitrogens with zero attached hydrogens (tertiary/aromatic N) is 4. The first-order valence-corrected chi connectivity index (χ1v) is 10.7. The minimum atomic E-state index is -0.262. The number of benzene rings is 1. The SMILES string of the molecule is COCc1c(C(=O)NC[C@H]2OCCc3ccccc32)cnn1-c1nccc(-c2ccco2)n1. The zero-order valence-corrected chi connectivity index (χ0v) is 18.1. The van der Waals surface area contributed by atoms with Crippen LogP contribution in [0.5, 0.6) is 0 Å². The van der Waals surface area contributed by atoms with Crippen molar-refractivity contribution < 1.29 is 18.7 Å². The van der Waals surface area contributed by atoms with Gasteiger partial charge in [0.2, 0.25) is 0 Å². The highest BCUT2D eigenvalue weighted by atomic mass is 16.5. The Hall–Kier alpha value is -3.82. The average molecular weight is 445 g/mol. The molecule has 5 rings (SSSR count). The first-order valence-electron chi connectivity index (χ1n) is 10.7. The highest BCUT2D eigenvalue weighted by molar-refractivity contribution is 5.95. The van der Waals surface area contributed by atoms with Gasteiger partial charge in [-0.25, -0.2) is 9.97 Å². The van der Waals surface area contributed by atoms with Gasteiger partial charge in [-0.15, -0.1) is 0 Å². The van der Waals surface area contributed by atoms with Crippen molar-refractivity contribution in [2.75, 3.05) is 20.3 Å².